The van der Waals surface area contributed by atoms with Crippen molar-refractivity contribution in [1.82, 2.24) is 20.2 Å². The van der Waals surface area contributed by atoms with Gasteiger partial charge in [0.15, 0.2) is 29.0 Å². The molecule has 0 aliphatic carbocycles. The highest BCUT2D eigenvalue weighted by atomic mass is 32.2. The average Bonchev–Trinajstić information content (AvgIpc) is 3.78. The van der Waals surface area contributed by atoms with Gasteiger partial charge in [-0.2, -0.15) is 5.10 Å². The Morgan fingerprint density at radius 2 is 1.88 bits per heavy atom. The smallest absolute Gasteiger partial charge is 0.359 e. The van der Waals surface area contributed by atoms with Crippen LogP contribution in [0.3, 0.4) is 0 Å². The molecule has 0 radical (unpaired) electrons. The van der Waals surface area contributed by atoms with Crippen molar-refractivity contribution in [2.24, 2.45) is 5.41 Å². The molecule has 2 aromatic heterocycles. The molecular weight excluding hydrogens is 691 g/mol. The zero-order chi connectivity index (χ0) is 37.2. The largest absolute Gasteiger partial charge is 0.616 e. The fourth-order valence-corrected chi connectivity index (χ4v) is 8.47. The quantitative estimate of drug-likeness (QED) is 0.133. The molecule has 4 bridgehead atoms. The number of ether oxygens (including phenoxy) is 3. The highest BCUT2D eigenvalue weighted by Gasteiger charge is 2.40. The lowest BCUT2D eigenvalue weighted by Gasteiger charge is -2.32. The number of H-pyrrole nitrogens is 2. The van der Waals surface area contributed by atoms with Crippen LogP contribution in [0, 0.1) is 17.0 Å². The zero-order valence-electron chi connectivity index (χ0n) is 29.8. The monoisotopic (exact) mass is 732 g/mol. The first-order valence-corrected chi connectivity index (χ1v) is 18.6. The van der Waals surface area contributed by atoms with E-state index >= 15 is 8.78 Å². The highest BCUT2D eigenvalue weighted by molar-refractivity contribution is 7.92. The van der Waals surface area contributed by atoms with Crippen molar-refractivity contribution < 1.29 is 37.1 Å². The molecule has 3 aromatic carbocycles. The standard InChI is InChI=1S/C39H42F2N4O6S/c1-6-49-36(47)33-19-28-27-13-16-42-32(27)20-31(41)34(28)51-26-11-12-30(40)29(18-26)35-43-37(45-44-35)39(5,15-8-14-38(3,4)22-52(33)48)24-9-7-10-25(17-24)50-21-23(2)46/h7,9-13,16-18,20,33,42H,6,8,14-15,19,21-22H2,1-5H3,(H,43,44,45). The number of aromatic amines is 2. The Bertz CT molecular complexity index is 2100. The number of carbonyl (C=O) groups excluding carboxylic acids is 2. The summed E-state index contributed by atoms with van der Waals surface area (Å²) in [6.07, 6.45) is 3.33. The lowest BCUT2D eigenvalue weighted by atomic mass is 9.75. The minimum atomic E-state index is -1.73. The molecule has 2 N–H and O–H groups in total. The first-order chi connectivity index (χ1) is 24.8. The van der Waals surface area contributed by atoms with Gasteiger partial charge in [0.25, 0.3) is 0 Å². The van der Waals surface area contributed by atoms with Crippen LogP contribution >= 0.6 is 0 Å². The van der Waals surface area contributed by atoms with Gasteiger partial charge in [0.1, 0.15) is 29.7 Å². The fourth-order valence-electron chi connectivity index (χ4n) is 6.71. The van der Waals surface area contributed by atoms with Crippen LogP contribution in [0.15, 0.2) is 60.8 Å². The van der Waals surface area contributed by atoms with E-state index in [2.05, 4.69) is 15.2 Å². The number of rotatable bonds is 6. The number of nitrogens with zero attached hydrogens (tertiary/aromatic N) is 2. The van der Waals surface area contributed by atoms with E-state index in [4.69, 9.17) is 19.2 Å². The maximum absolute atomic E-state index is 15.9. The number of Topliss-reactive ketones (excluding diaryl/α,β-unsaturated/α-hetero) is 1. The second-order valence-corrected chi connectivity index (χ2v) is 15.8. The van der Waals surface area contributed by atoms with Gasteiger partial charge in [0, 0.05) is 40.6 Å². The van der Waals surface area contributed by atoms with E-state index < -0.39 is 44.9 Å². The molecule has 0 fully saturated rings. The van der Waals surface area contributed by atoms with Crippen molar-refractivity contribution >= 4 is 33.8 Å². The van der Waals surface area contributed by atoms with Gasteiger partial charge in [0.05, 0.1) is 17.6 Å². The molecule has 10 nitrogen and oxygen atoms in total. The van der Waals surface area contributed by atoms with E-state index in [1.54, 1.807) is 25.3 Å². The minimum Gasteiger partial charge on any atom is -0.616 e. The molecule has 52 heavy (non-hydrogen) atoms. The van der Waals surface area contributed by atoms with Gasteiger partial charge in [-0.3, -0.25) is 9.89 Å². The summed E-state index contributed by atoms with van der Waals surface area (Å²) >= 11 is -1.73. The summed E-state index contributed by atoms with van der Waals surface area (Å²) in [4.78, 5) is 32.9. The van der Waals surface area contributed by atoms with Crippen LogP contribution < -0.4 is 9.47 Å². The second-order valence-electron chi connectivity index (χ2n) is 14.2. The zero-order valence-corrected chi connectivity index (χ0v) is 30.6. The molecule has 3 heterocycles. The van der Waals surface area contributed by atoms with Gasteiger partial charge in [0.2, 0.25) is 5.25 Å². The molecule has 0 spiro atoms. The van der Waals surface area contributed by atoms with Gasteiger partial charge in [-0.1, -0.05) is 32.4 Å². The van der Waals surface area contributed by atoms with Crippen LogP contribution in [0.5, 0.6) is 17.2 Å². The first kappa shape index (κ1) is 37.0. The lowest BCUT2D eigenvalue weighted by molar-refractivity contribution is -0.142. The third-order valence-corrected chi connectivity index (χ3v) is 11.6. The number of hydrogen-bond donors (Lipinski definition) is 2. The van der Waals surface area contributed by atoms with Crippen molar-refractivity contribution in [1.29, 1.82) is 0 Å². The number of hydrogen-bond acceptors (Lipinski definition) is 8. The molecule has 13 heteroatoms. The van der Waals surface area contributed by atoms with Crippen LogP contribution in [-0.2, 0) is 37.3 Å². The van der Waals surface area contributed by atoms with E-state index in [-0.39, 0.29) is 54.1 Å². The van der Waals surface area contributed by atoms with Gasteiger partial charge >= 0.3 is 5.97 Å². The van der Waals surface area contributed by atoms with E-state index in [0.717, 1.165) is 5.56 Å². The summed E-state index contributed by atoms with van der Waals surface area (Å²) in [5.74, 6) is -0.922. The van der Waals surface area contributed by atoms with Crippen molar-refractivity contribution in [2.45, 2.75) is 71.0 Å². The van der Waals surface area contributed by atoms with Gasteiger partial charge in [-0.15, -0.1) is 0 Å². The number of esters is 1. The Hall–Kier alpha value is -4.75. The van der Waals surface area contributed by atoms with Crippen molar-refractivity contribution in [2.75, 3.05) is 19.0 Å². The Labute approximate surface area is 303 Å². The molecular formula is C39H42F2N4O6S. The Morgan fingerprint density at radius 3 is 2.65 bits per heavy atom. The molecule has 6 rings (SSSR count). The molecule has 5 aromatic rings. The number of fused-ring (bicyclic) bond motifs is 8. The summed E-state index contributed by atoms with van der Waals surface area (Å²) in [5.41, 5.74) is 0.368. The van der Waals surface area contributed by atoms with E-state index in [1.807, 2.05) is 39.0 Å². The first-order valence-electron chi connectivity index (χ1n) is 17.2. The van der Waals surface area contributed by atoms with Crippen LogP contribution in [0.25, 0.3) is 22.3 Å². The number of nitrogens with one attached hydrogen (secondary N) is 2. The van der Waals surface area contributed by atoms with E-state index in [1.165, 1.54) is 31.2 Å². The molecule has 1 aliphatic heterocycles. The summed E-state index contributed by atoms with van der Waals surface area (Å²) < 4.78 is 63.0. The van der Waals surface area contributed by atoms with Crippen LogP contribution in [0.2, 0.25) is 0 Å². The topological polar surface area (TPSA) is 142 Å². The SMILES string of the molecule is CCOC(=O)C1Cc2c(c(F)cc3[nH]ccc23)Oc2ccc(F)c(c2)-c2nc(n[nH]2)C(C)(c2cccc(OCC(C)=O)c2)CCCC(C)(C)C[S+]1[O-]. The van der Waals surface area contributed by atoms with Gasteiger partial charge in [-0.05, 0) is 86.8 Å². The van der Waals surface area contributed by atoms with Crippen LogP contribution in [-0.4, -0.2) is 60.7 Å². The minimum absolute atomic E-state index is 0.0505. The molecule has 3 unspecified atom stereocenters. The maximum Gasteiger partial charge on any atom is 0.359 e. The van der Waals surface area contributed by atoms with E-state index in [0.29, 0.717) is 47.3 Å². The third-order valence-electron chi connectivity index (χ3n) is 9.49. The number of aromatic nitrogens is 4. The van der Waals surface area contributed by atoms with E-state index in [9.17, 15) is 14.1 Å². The molecule has 0 saturated heterocycles. The van der Waals surface area contributed by atoms with Crippen molar-refractivity contribution in [3.05, 3.63) is 89.4 Å². The third kappa shape index (κ3) is 7.85. The number of benzene rings is 3. The number of halogens is 2. The van der Waals surface area contributed by atoms with Gasteiger partial charge < -0.3 is 23.7 Å². The number of ketones is 1. The molecule has 3 atom stereocenters. The summed E-state index contributed by atoms with van der Waals surface area (Å²) in [7, 11) is 0. The predicted octanol–water partition coefficient (Wildman–Crippen LogP) is 7.73. The summed E-state index contributed by atoms with van der Waals surface area (Å²) in [5, 5.41) is 6.95. The Balaban J connectivity index is 1.49. The molecule has 0 amide bonds. The summed E-state index contributed by atoms with van der Waals surface area (Å²) in [6.45, 7) is 9.12. The lowest BCUT2D eigenvalue weighted by Crippen LogP contribution is -2.39. The summed E-state index contributed by atoms with van der Waals surface area (Å²) in [6, 6.07) is 14.4. The highest BCUT2D eigenvalue weighted by Crippen LogP contribution is 2.41. The molecule has 274 valence electrons. The van der Waals surface area contributed by atoms with Crippen LogP contribution in [0.1, 0.15) is 70.8 Å². The number of carbonyl (C=O) groups is 2. The van der Waals surface area contributed by atoms with Crippen molar-refractivity contribution in [3.63, 3.8) is 0 Å². The Morgan fingerprint density at radius 1 is 1.08 bits per heavy atom. The van der Waals surface area contributed by atoms with Crippen molar-refractivity contribution in [3.8, 4) is 28.6 Å². The fraction of sp³-hybridized carbons (Fsp3) is 0.385. The van der Waals surface area contributed by atoms with Gasteiger partial charge in [-0.25, -0.2) is 18.6 Å². The normalized spacial score (nSPS) is 20.6. The predicted molar refractivity (Wildman–Crippen MR) is 194 cm³/mol. The maximum atomic E-state index is 15.9. The Kier molecular flexibility index (Phi) is 10.7. The second kappa shape index (κ2) is 15.1. The molecule has 1 aliphatic rings. The molecule has 0 saturated carbocycles. The van der Waals surface area contributed by atoms with Crippen LogP contribution in [0.4, 0.5) is 8.78 Å². The average molecular weight is 733 g/mol.